The molecule has 0 aromatic heterocycles. The second-order valence-electron chi connectivity index (χ2n) is 4.87. The Labute approximate surface area is 118 Å². The van der Waals surface area contributed by atoms with Gasteiger partial charge in [-0.2, -0.15) is 4.31 Å². The third-order valence-electron chi connectivity index (χ3n) is 3.13. The van der Waals surface area contributed by atoms with Crippen molar-refractivity contribution in [2.75, 3.05) is 20.2 Å². The molecule has 2 rings (SSSR count). The Morgan fingerprint density at radius 1 is 1.30 bits per heavy atom. The van der Waals surface area contributed by atoms with Crippen LogP contribution < -0.4 is 4.74 Å². The second kappa shape index (κ2) is 5.67. The fourth-order valence-corrected chi connectivity index (χ4v) is 4.08. The van der Waals surface area contributed by atoms with Gasteiger partial charge in [-0.05, 0) is 32.0 Å². The van der Waals surface area contributed by atoms with E-state index in [0.29, 0.717) is 0 Å². The molecule has 1 fully saturated rings. The van der Waals surface area contributed by atoms with E-state index in [1.807, 2.05) is 0 Å². The third kappa shape index (κ3) is 2.94. The zero-order valence-corrected chi connectivity index (χ0v) is 12.5. The van der Waals surface area contributed by atoms with Crippen LogP contribution in [0, 0.1) is 5.82 Å². The molecule has 0 amide bonds. The summed E-state index contributed by atoms with van der Waals surface area (Å²) in [5.74, 6) is -0.475. The summed E-state index contributed by atoms with van der Waals surface area (Å²) in [6.45, 7) is 4.10. The van der Waals surface area contributed by atoms with Crippen molar-refractivity contribution in [3.8, 4) is 5.75 Å². The van der Waals surface area contributed by atoms with Gasteiger partial charge in [-0.25, -0.2) is 12.8 Å². The number of hydrogen-bond acceptors (Lipinski definition) is 4. The summed E-state index contributed by atoms with van der Waals surface area (Å²) in [5, 5.41) is 0. The molecule has 0 N–H and O–H groups in total. The summed E-state index contributed by atoms with van der Waals surface area (Å²) in [6.07, 6.45) is -0.402. The topological polar surface area (TPSA) is 55.8 Å². The number of benzene rings is 1. The lowest BCUT2D eigenvalue weighted by atomic mass is 10.3. The number of hydrogen-bond donors (Lipinski definition) is 0. The molecular formula is C13H18FNO4S. The molecule has 7 heteroatoms. The van der Waals surface area contributed by atoms with Gasteiger partial charge >= 0.3 is 0 Å². The second-order valence-corrected chi connectivity index (χ2v) is 6.78. The number of nitrogens with zero attached hydrogens (tertiary/aromatic N) is 1. The maximum atomic E-state index is 13.4. The van der Waals surface area contributed by atoms with E-state index < -0.39 is 15.8 Å². The highest BCUT2D eigenvalue weighted by atomic mass is 32.2. The van der Waals surface area contributed by atoms with Gasteiger partial charge in [0.05, 0.1) is 19.3 Å². The third-order valence-corrected chi connectivity index (χ3v) is 4.98. The van der Waals surface area contributed by atoms with E-state index in [1.165, 1.54) is 23.5 Å². The molecule has 20 heavy (non-hydrogen) atoms. The molecule has 1 saturated heterocycles. The molecule has 1 heterocycles. The summed E-state index contributed by atoms with van der Waals surface area (Å²) in [6, 6.07) is 3.47. The molecule has 1 aliphatic rings. The van der Waals surface area contributed by atoms with Crippen LogP contribution in [0.1, 0.15) is 13.8 Å². The monoisotopic (exact) mass is 303 g/mol. The van der Waals surface area contributed by atoms with Gasteiger partial charge in [-0.3, -0.25) is 0 Å². The van der Waals surface area contributed by atoms with Gasteiger partial charge in [-0.15, -0.1) is 0 Å². The Morgan fingerprint density at radius 2 is 1.90 bits per heavy atom. The standard InChI is InChI=1S/C13H18FNO4S/c1-9-7-15(8-10(2)19-9)20(16,17)13-6-11(14)4-5-12(13)18-3/h4-6,9-10H,7-8H2,1-3H3. The van der Waals surface area contributed by atoms with Crippen molar-refractivity contribution < 1.29 is 22.3 Å². The van der Waals surface area contributed by atoms with Gasteiger partial charge < -0.3 is 9.47 Å². The van der Waals surface area contributed by atoms with Crippen molar-refractivity contribution in [1.82, 2.24) is 4.31 Å². The highest BCUT2D eigenvalue weighted by Crippen LogP contribution is 2.29. The van der Waals surface area contributed by atoms with Crippen molar-refractivity contribution in [2.24, 2.45) is 0 Å². The van der Waals surface area contributed by atoms with Gasteiger partial charge in [-0.1, -0.05) is 0 Å². The van der Waals surface area contributed by atoms with Crippen LogP contribution in [-0.4, -0.2) is 45.1 Å². The highest BCUT2D eigenvalue weighted by molar-refractivity contribution is 7.89. The molecule has 2 atom stereocenters. The highest BCUT2D eigenvalue weighted by Gasteiger charge is 2.34. The normalized spacial score (nSPS) is 24.6. The maximum Gasteiger partial charge on any atom is 0.247 e. The van der Waals surface area contributed by atoms with Crippen LogP contribution >= 0.6 is 0 Å². The average Bonchev–Trinajstić information content (AvgIpc) is 2.37. The molecule has 1 aliphatic heterocycles. The minimum Gasteiger partial charge on any atom is -0.495 e. The average molecular weight is 303 g/mol. The summed E-state index contributed by atoms with van der Waals surface area (Å²) in [5.41, 5.74) is 0. The van der Waals surface area contributed by atoms with E-state index in [1.54, 1.807) is 13.8 Å². The molecule has 2 unspecified atom stereocenters. The largest absolute Gasteiger partial charge is 0.495 e. The van der Waals surface area contributed by atoms with E-state index in [4.69, 9.17) is 9.47 Å². The van der Waals surface area contributed by atoms with Gasteiger partial charge in [0.1, 0.15) is 16.5 Å². The molecule has 0 bridgehead atoms. The number of rotatable bonds is 3. The van der Waals surface area contributed by atoms with Gasteiger partial charge in [0.15, 0.2) is 0 Å². The minimum atomic E-state index is -3.80. The lowest BCUT2D eigenvalue weighted by Crippen LogP contribution is -2.48. The van der Waals surface area contributed by atoms with Crippen LogP contribution in [0.4, 0.5) is 4.39 Å². The number of methoxy groups -OCH3 is 1. The van der Waals surface area contributed by atoms with Crippen LogP contribution in [0.2, 0.25) is 0 Å². The molecule has 0 aliphatic carbocycles. The Morgan fingerprint density at radius 3 is 2.45 bits per heavy atom. The first-order valence-electron chi connectivity index (χ1n) is 6.33. The molecule has 0 radical (unpaired) electrons. The van der Waals surface area contributed by atoms with Gasteiger partial charge in [0.2, 0.25) is 10.0 Å². The molecule has 0 spiro atoms. The smallest absolute Gasteiger partial charge is 0.247 e. The number of ether oxygens (including phenoxy) is 2. The summed E-state index contributed by atoms with van der Waals surface area (Å²) >= 11 is 0. The van der Waals surface area contributed by atoms with Crippen LogP contribution in [0.3, 0.4) is 0 Å². The molecule has 0 saturated carbocycles. The fraction of sp³-hybridized carbons (Fsp3) is 0.538. The lowest BCUT2D eigenvalue weighted by Gasteiger charge is -2.34. The van der Waals surface area contributed by atoms with Crippen LogP contribution in [0.25, 0.3) is 0 Å². The number of morpholine rings is 1. The molecule has 1 aromatic carbocycles. The van der Waals surface area contributed by atoms with Crippen molar-refractivity contribution in [2.45, 2.75) is 31.0 Å². The van der Waals surface area contributed by atoms with E-state index in [9.17, 15) is 12.8 Å². The Bertz CT molecular complexity index is 580. The summed E-state index contributed by atoms with van der Waals surface area (Å²) < 4.78 is 50.5. The van der Waals surface area contributed by atoms with Gasteiger partial charge in [0.25, 0.3) is 0 Å². The predicted octanol–water partition coefficient (Wildman–Crippen LogP) is 1.63. The first-order valence-corrected chi connectivity index (χ1v) is 7.77. The Kier molecular flexibility index (Phi) is 4.31. The molecular weight excluding hydrogens is 285 g/mol. The predicted molar refractivity (Wildman–Crippen MR) is 71.7 cm³/mol. The zero-order chi connectivity index (χ0) is 14.9. The Balaban J connectivity index is 2.42. The van der Waals surface area contributed by atoms with Crippen LogP contribution in [0.15, 0.2) is 23.1 Å². The SMILES string of the molecule is COc1ccc(F)cc1S(=O)(=O)N1CC(C)OC(C)C1. The lowest BCUT2D eigenvalue weighted by molar-refractivity contribution is -0.0441. The van der Waals surface area contributed by atoms with Crippen molar-refractivity contribution in [1.29, 1.82) is 0 Å². The first kappa shape index (κ1) is 15.2. The number of halogens is 1. The summed E-state index contributed by atoms with van der Waals surface area (Å²) in [7, 11) is -2.45. The fourth-order valence-electron chi connectivity index (χ4n) is 2.32. The van der Waals surface area contributed by atoms with E-state index in [2.05, 4.69) is 0 Å². The van der Waals surface area contributed by atoms with Crippen molar-refractivity contribution in [3.63, 3.8) is 0 Å². The summed E-state index contributed by atoms with van der Waals surface area (Å²) in [4.78, 5) is -0.152. The minimum absolute atomic E-state index is 0.137. The number of sulfonamides is 1. The maximum absolute atomic E-state index is 13.4. The van der Waals surface area contributed by atoms with E-state index >= 15 is 0 Å². The van der Waals surface area contributed by atoms with E-state index in [-0.39, 0.29) is 35.9 Å². The Hall–Kier alpha value is -1.18. The molecule has 5 nitrogen and oxygen atoms in total. The van der Waals surface area contributed by atoms with E-state index in [0.717, 1.165) is 6.07 Å². The zero-order valence-electron chi connectivity index (χ0n) is 11.7. The molecule has 1 aromatic rings. The first-order chi connectivity index (χ1) is 9.34. The quantitative estimate of drug-likeness (QED) is 0.851. The van der Waals surface area contributed by atoms with Crippen molar-refractivity contribution >= 4 is 10.0 Å². The molecule has 112 valence electrons. The van der Waals surface area contributed by atoms with Crippen LogP contribution in [-0.2, 0) is 14.8 Å². The van der Waals surface area contributed by atoms with Crippen LogP contribution in [0.5, 0.6) is 5.75 Å². The van der Waals surface area contributed by atoms with Gasteiger partial charge in [0, 0.05) is 13.1 Å². The van der Waals surface area contributed by atoms with Crippen molar-refractivity contribution in [3.05, 3.63) is 24.0 Å².